The van der Waals surface area contributed by atoms with Crippen molar-refractivity contribution in [1.29, 1.82) is 0 Å². The Morgan fingerprint density at radius 3 is 2.57 bits per heavy atom. The summed E-state index contributed by atoms with van der Waals surface area (Å²) in [4.78, 5) is 12.5. The molecule has 3 N–H and O–H groups in total. The number of halogens is 1. The minimum absolute atomic E-state index is 0.00683. The lowest BCUT2D eigenvalue weighted by Gasteiger charge is -2.22. The molecular formula is C18H28ClN2O2+. The van der Waals surface area contributed by atoms with Gasteiger partial charge >= 0.3 is 0 Å². The summed E-state index contributed by atoms with van der Waals surface area (Å²) in [6.07, 6.45) is 8.97. The number of nitrogens with one attached hydrogen (secondary N) is 1. The van der Waals surface area contributed by atoms with Gasteiger partial charge in [-0.25, -0.2) is 0 Å². The van der Waals surface area contributed by atoms with Crippen molar-refractivity contribution in [3.8, 4) is 5.75 Å². The van der Waals surface area contributed by atoms with Crippen molar-refractivity contribution in [2.24, 2.45) is 0 Å². The molecule has 0 spiro atoms. The predicted molar refractivity (Wildman–Crippen MR) is 94.1 cm³/mol. The van der Waals surface area contributed by atoms with Gasteiger partial charge in [-0.15, -0.1) is 0 Å². The molecule has 0 unspecified atom stereocenters. The van der Waals surface area contributed by atoms with E-state index in [1.807, 2.05) is 6.92 Å². The van der Waals surface area contributed by atoms with Crippen LogP contribution in [-0.4, -0.2) is 25.1 Å². The van der Waals surface area contributed by atoms with Crippen molar-refractivity contribution in [1.82, 2.24) is 0 Å². The Morgan fingerprint density at radius 2 is 1.91 bits per heavy atom. The second kappa shape index (κ2) is 9.14. The second-order valence-corrected chi connectivity index (χ2v) is 6.86. The Kier molecular flexibility index (Phi) is 7.18. The highest BCUT2D eigenvalue weighted by Gasteiger charge is 2.23. The van der Waals surface area contributed by atoms with Gasteiger partial charge in [-0.1, -0.05) is 30.9 Å². The predicted octanol–water partition coefficient (Wildman–Crippen LogP) is 3.35. The Hall–Kier alpha value is -1.26. The van der Waals surface area contributed by atoms with E-state index in [0.717, 1.165) is 0 Å². The third kappa shape index (κ3) is 5.70. The van der Waals surface area contributed by atoms with Gasteiger partial charge in [0.2, 0.25) is 0 Å². The number of benzene rings is 1. The molecule has 1 fully saturated rings. The number of carbonyl (C=O) groups excluding carboxylic acids is 1. The minimum Gasteiger partial charge on any atom is -0.495 e. The van der Waals surface area contributed by atoms with Crippen LogP contribution in [0.4, 0.5) is 5.69 Å². The van der Waals surface area contributed by atoms with Gasteiger partial charge < -0.3 is 15.4 Å². The third-order valence-electron chi connectivity index (χ3n) is 4.54. The molecule has 0 radical (unpaired) electrons. The number of carbonyl (C=O) groups is 1. The number of methoxy groups -OCH3 is 1. The summed E-state index contributed by atoms with van der Waals surface area (Å²) in [7, 11) is 1.59. The van der Waals surface area contributed by atoms with E-state index >= 15 is 0 Å². The van der Waals surface area contributed by atoms with Gasteiger partial charge in [0.1, 0.15) is 5.75 Å². The lowest BCUT2D eigenvalue weighted by atomic mass is 9.96. The summed E-state index contributed by atoms with van der Waals surface area (Å²) in [5.41, 5.74) is 0.628. The van der Waals surface area contributed by atoms with E-state index in [1.165, 1.54) is 44.9 Å². The number of hydrogen-bond donors (Lipinski definition) is 2. The van der Waals surface area contributed by atoms with Gasteiger partial charge in [0.15, 0.2) is 6.04 Å². The van der Waals surface area contributed by atoms with Crippen LogP contribution in [-0.2, 0) is 4.79 Å². The molecule has 1 aromatic carbocycles. The van der Waals surface area contributed by atoms with Gasteiger partial charge in [0.05, 0.1) is 18.8 Å². The van der Waals surface area contributed by atoms with Crippen LogP contribution in [0.5, 0.6) is 5.75 Å². The number of amides is 1. The minimum atomic E-state index is -0.122. The van der Waals surface area contributed by atoms with Gasteiger partial charge in [-0.05, 0) is 50.8 Å². The summed E-state index contributed by atoms with van der Waals surface area (Å²) in [5, 5.41) is 5.74. The zero-order chi connectivity index (χ0) is 16.7. The van der Waals surface area contributed by atoms with Crippen LogP contribution < -0.4 is 15.4 Å². The van der Waals surface area contributed by atoms with Gasteiger partial charge in [-0.2, -0.15) is 0 Å². The fourth-order valence-electron chi connectivity index (χ4n) is 3.20. The van der Waals surface area contributed by atoms with Gasteiger partial charge in [0.25, 0.3) is 5.91 Å². The molecule has 0 saturated heterocycles. The second-order valence-electron chi connectivity index (χ2n) is 6.42. The number of hydrogen-bond acceptors (Lipinski definition) is 2. The zero-order valence-electron chi connectivity index (χ0n) is 14.1. The highest BCUT2D eigenvalue weighted by Crippen LogP contribution is 2.27. The largest absolute Gasteiger partial charge is 0.495 e. The Labute approximate surface area is 143 Å². The van der Waals surface area contributed by atoms with Crippen LogP contribution in [0.15, 0.2) is 18.2 Å². The molecule has 23 heavy (non-hydrogen) atoms. The molecule has 2 rings (SSSR count). The average Bonchev–Trinajstić information content (AvgIpc) is 2.50. The third-order valence-corrected chi connectivity index (χ3v) is 4.78. The first-order valence-corrected chi connectivity index (χ1v) is 8.97. The molecule has 1 aliphatic carbocycles. The molecule has 0 bridgehead atoms. The van der Waals surface area contributed by atoms with E-state index in [0.29, 0.717) is 22.5 Å². The van der Waals surface area contributed by atoms with Crippen molar-refractivity contribution in [2.45, 2.75) is 64.0 Å². The van der Waals surface area contributed by atoms with E-state index in [1.54, 1.807) is 25.3 Å². The molecule has 0 aliphatic heterocycles. The SMILES string of the molecule is COc1ccc(Cl)cc1NC(=O)[C@H](C)[NH2+]C1CCCCCCC1. The number of ether oxygens (including phenoxy) is 1. The maximum atomic E-state index is 12.5. The lowest BCUT2D eigenvalue weighted by Crippen LogP contribution is -2.96. The Morgan fingerprint density at radius 1 is 1.26 bits per heavy atom. The first-order chi connectivity index (χ1) is 11.1. The first-order valence-electron chi connectivity index (χ1n) is 8.59. The number of anilines is 1. The molecule has 1 aromatic rings. The summed E-state index contributed by atoms with van der Waals surface area (Å²) in [6.45, 7) is 1.96. The Balaban J connectivity index is 1.92. The van der Waals surface area contributed by atoms with Crippen molar-refractivity contribution < 1.29 is 14.8 Å². The van der Waals surface area contributed by atoms with E-state index in [2.05, 4.69) is 10.6 Å². The van der Waals surface area contributed by atoms with Crippen molar-refractivity contribution in [2.75, 3.05) is 12.4 Å². The van der Waals surface area contributed by atoms with E-state index in [9.17, 15) is 4.79 Å². The summed E-state index contributed by atoms with van der Waals surface area (Å²) in [5.74, 6) is 0.619. The number of nitrogens with two attached hydrogens (primary N) is 1. The summed E-state index contributed by atoms with van der Waals surface area (Å²) in [6, 6.07) is 5.67. The molecule has 1 aliphatic rings. The van der Waals surface area contributed by atoms with Crippen LogP contribution in [0, 0.1) is 0 Å². The molecule has 1 amide bonds. The van der Waals surface area contributed by atoms with Crippen molar-refractivity contribution in [3.05, 3.63) is 23.2 Å². The van der Waals surface area contributed by atoms with Crippen molar-refractivity contribution >= 4 is 23.2 Å². The molecule has 128 valence electrons. The highest BCUT2D eigenvalue weighted by molar-refractivity contribution is 6.31. The molecule has 0 heterocycles. The topological polar surface area (TPSA) is 54.9 Å². The van der Waals surface area contributed by atoms with Crippen LogP contribution in [0.2, 0.25) is 5.02 Å². The standard InChI is InChI=1S/C18H27ClN2O2/c1-13(20-15-8-6-4-3-5-7-9-15)18(22)21-16-12-14(19)10-11-17(16)23-2/h10-13,15,20H,3-9H2,1-2H3,(H,21,22)/p+1/t13-/m0/s1. The lowest BCUT2D eigenvalue weighted by molar-refractivity contribution is -0.707. The molecule has 0 aromatic heterocycles. The molecule has 5 heteroatoms. The molecular weight excluding hydrogens is 312 g/mol. The quantitative estimate of drug-likeness (QED) is 0.864. The van der Waals surface area contributed by atoms with Crippen LogP contribution in [0.1, 0.15) is 51.9 Å². The van der Waals surface area contributed by atoms with Crippen LogP contribution >= 0.6 is 11.6 Å². The van der Waals surface area contributed by atoms with Crippen molar-refractivity contribution in [3.63, 3.8) is 0 Å². The molecule has 1 saturated carbocycles. The van der Waals surface area contributed by atoms with Crippen LogP contribution in [0.3, 0.4) is 0 Å². The first kappa shape index (κ1) is 18.1. The smallest absolute Gasteiger partial charge is 0.282 e. The van der Waals surface area contributed by atoms with E-state index < -0.39 is 0 Å². The summed E-state index contributed by atoms with van der Waals surface area (Å²) >= 11 is 6.01. The summed E-state index contributed by atoms with van der Waals surface area (Å²) < 4.78 is 5.28. The highest BCUT2D eigenvalue weighted by atomic mass is 35.5. The fourth-order valence-corrected chi connectivity index (χ4v) is 3.37. The zero-order valence-corrected chi connectivity index (χ0v) is 14.9. The maximum Gasteiger partial charge on any atom is 0.282 e. The molecule has 1 atom stereocenters. The van der Waals surface area contributed by atoms with E-state index in [4.69, 9.17) is 16.3 Å². The normalized spacial score (nSPS) is 17.9. The Bertz CT molecular complexity index is 514. The van der Waals surface area contributed by atoms with Crippen LogP contribution in [0.25, 0.3) is 0 Å². The average molecular weight is 340 g/mol. The fraction of sp³-hybridized carbons (Fsp3) is 0.611. The number of quaternary nitrogens is 1. The number of rotatable bonds is 5. The van der Waals surface area contributed by atoms with Gasteiger partial charge in [-0.3, -0.25) is 4.79 Å². The monoisotopic (exact) mass is 339 g/mol. The van der Waals surface area contributed by atoms with Gasteiger partial charge in [0, 0.05) is 5.02 Å². The maximum absolute atomic E-state index is 12.5. The van der Waals surface area contributed by atoms with E-state index in [-0.39, 0.29) is 11.9 Å². The molecule has 4 nitrogen and oxygen atoms in total.